The number of nitrogens with one attached hydrogen (secondary N) is 1. The number of halogens is 7. The summed E-state index contributed by atoms with van der Waals surface area (Å²) in [5.74, 6) is -21.8. The molecule has 272 valence electrons. The second kappa shape index (κ2) is 12.3. The molecule has 2 N–H and O–H groups in total. The Balaban J connectivity index is 1.22. The van der Waals surface area contributed by atoms with Gasteiger partial charge in [-0.1, -0.05) is 29.8 Å². The molecule has 4 aliphatic rings. The van der Waals surface area contributed by atoms with Crippen LogP contribution in [0.4, 0.5) is 44.7 Å². The number of amides is 4. The highest BCUT2D eigenvalue weighted by atomic mass is 35.5. The van der Waals surface area contributed by atoms with E-state index < -0.39 is 105 Å². The van der Waals surface area contributed by atoms with Gasteiger partial charge in [0.05, 0.1) is 23.4 Å². The number of furan rings is 1. The van der Waals surface area contributed by atoms with Crippen LogP contribution in [-0.2, 0) is 25.8 Å². The molecular weight excluding hydrogens is 748 g/mol. The van der Waals surface area contributed by atoms with Crippen molar-refractivity contribution in [2.24, 2.45) is 17.8 Å². The van der Waals surface area contributed by atoms with Crippen molar-refractivity contribution >= 4 is 69.6 Å². The fraction of sp³-hybridized carbons (Fsp3) is 0.243. The van der Waals surface area contributed by atoms with Gasteiger partial charge in [0.15, 0.2) is 33.0 Å². The average molecular weight is 773 g/mol. The first-order valence-corrected chi connectivity index (χ1v) is 17.0. The predicted octanol–water partition coefficient (Wildman–Crippen LogP) is 6.98. The second-order valence-corrected chi connectivity index (χ2v) is 14.4. The van der Waals surface area contributed by atoms with E-state index in [0.29, 0.717) is 5.69 Å². The molecular formula is C37H24Cl2F5N3O6. The number of rotatable bonds is 6. The lowest BCUT2D eigenvalue weighted by Crippen LogP contribution is -2.60. The van der Waals surface area contributed by atoms with Crippen molar-refractivity contribution in [1.29, 1.82) is 0 Å². The van der Waals surface area contributed by atoms with Crippen LogP contribution < -0.4 is 15.1 Å². The van der Waals surface area contributed by atoms with Crippen molar-refractivity contribution in [3.8, 4) is 0 Å². The maximum atomic E-state index is 15.2. The third-order valence-electron chi connectivity index (χ3n) is 10.5. The summed E-state index contributed by atoms with van der Waals surface area (Å²) in [5, 5.41) is 13.0. The van der Waals surface area contributed by atoms with E-state index in [1.54, 1.807) is 30.3 Å². The average Bonchev–Trinajstić information content (AvgIpc) is 3.77. The molecule has 6 atom stereocenters. The first kappa shape index (κ1) is 35.0. The van der Waals surface area contributed by atoms with Gasteiger partial charge in [0, 0.05) is 11.4 Å². The summed E-state index contributed by atoms with van der Waals surface area (Å²) in [6.07, 6.45) is 0.859. The second-order valence-electron chi connectivity index (χ2n) is 13.2. The molecule has 2 aliphatic carbocycles. The third-order valence-corrected chi connectivity index (χ3v) is 11.9. The fourth-order valence-corrected chi connectivity index (χ4v) is 9.07. The Kier molecular flexibility index (Phi) is 8.09. The molecule has 4 amide bonds. The highest BCUT2D eigenvalue weighted by molar-refractivity contribution is 6.58. The van der Waals surface area contributed by atoms with Crippen LogP contribution in [0.3, 0.4) is 0 Å². The van der Waals surface area contributed by atoms with Gasteiger partial charge in [0.2, 0.25) is 17.6 Å². The standard InChI is InChI=1S/C37H24Cl2F5N3O6/c38-36-14-22-20(11-12-21-24(22)33(50)46(32(21)49)18-8-6-17(7-9-18)45-16-4-2-1-3-5-16)25(23-13-10-19(15-48)53-23)37(36,39)35(52)47(34(36)51)31-29(43)27(41)26(40)28(42)30(31)44/h1-11,13,21-22,24-25,45,48H,12,14-15H2. The van der Waals surface area contributed by atoms with E-state index in [2.05, 4.69) is 5.32 Å². The van der Waals surface area contributed by atoms with Crippen molar-refractivity contribution in [3.63, 3.8) is 0 Å². The zero-order valence-electron chi connectivity index (χ0n) is 26.9. The smallest absolute Gasteiger partial charge is 0.258 e. The van der Waals surface area contributed by atoms with E-state index in [1.165, 1.54) is 12.1 Å². The van der Waals surface area contributed by atoms with Crippen LogP contribution in [-0.4, -0.2) is 38.5 Å². The summed E-state index contributed by atoms with van der Waals surface area (Å²) in [5.41, 5.74) is 0.0660. The van der Waals surface area contributed by atoms with Crippen LogP contribution in [0.25, 0.3) is 0 Å². The number of carbonyl (C=O) groups excluding carboxylic acids is 4. The minimum absolute atomic E-state index is 0.0197. The van der Waals surface area contributed by atoms with Crippen LogP contribution in [0.15, 0.2) is 82.8 Å². The van der Waals surface area contributed by atoms with Gasteiger partial charge in [0.25, 0.3) is 11.8 Å². The minimum atomic E-state index is -2.72. The maximum absolute atomic E-state index is 15.2. The Morgan fingerprint density at radius 2 is 1.38 bits per heavy atom. The van der Waals surface area contributed by atoms with Gasteiger partial charge >= 0.3 is 0 Å². The lowest BCUT2D eigenvalue weighted by molar-refractivity contribution is -0.125. The van der Waals surface area contributed by atoms with Gasteiger partial charge in [-0.25, -0.2) is 26.9 Å². The molecule has 1 saturated carbocycles. The molecule has 3 heterocycles. The van der Waals surface area contributed by atoms with Gasteiger partial charge in [-0.3, -0.25) is 24.1 Å². The first-order valence-electron chi connectivity index (χ1n) is 16.2. The zero-order chi connectivity index (χ0) is 37.7. The Labute approximate surface area is 306 Å². The van der Waals surface area contributed by atoms with Crippen LogP contribution in [0.1, 0.15) is 30.3 Å². The molecule has 0 spiro atoms. The number of benzene rings is 3. The van der Waals surface area contributed by atoms with E-state index >= 15 is 8.78 Å². The van der Waals surface area contributed by atoms with Crippen molar-refractivity contribution in [3.05, 3.63) is 119 Å². The number of nitrogens with zero attached hydrogens (tertiary/aromatic N) is 2. The van der Waals surface area contributed by atoms with Crippen LogP contribution in [0.2, 0.25) is 0 Å². The summed E-state index contributed by atoms with van der Waals surface area (Å²) < 4.78 is 79.0. The Morgan fingerprint density at radius 1 is 0.755 bits per heavy atom. The number of para-hydroxylation sites is 1. The molecule has 9 nitrogen and oxygen atoms in total. The van der Waals surface area contributed by atoms with Crippen LogP contribution >= 0.6 is 23.2 Å². The molecule has 53 heavy (non-hydrogen) atoms. The molecule has 3 fully saturated rings. The lowest BCUT2D eigenvalue weighted by atomic mass is 9.57. The van der Waals surface area contributed by atoms with Gasteiger partial charge in [0.1, 0.15) is 23.8 Å². The largest absolute Gasteiger partial charge is 0.463 e. The zero-order valence-corrected chi connectivity index (χ0v) is 28.4. The third kappa shape index (κ3) is 4.77. The number of hydrogen-bond donors (Lipinski definition) is 2. The Hall–Kier alpha value is -5.05. The number of aliphatic hydroxyl groups excluding tert-OH is 1. The van der Waals surface area contributed by atoms with Gasteiger partial charge < -0.3 is 14.8 Å². The molecule has 8 rings (SSSR count). The quantitative estimate of drug-likeness (QED) is 0.0542. The highest BCUT2D eigenvalue weighted by Crippen LogP contribution is 2.66. The summed E-state index contributed by atoms with van der Waals surface area (Å²) in [4.78, 5) is 52.2. The fourth-order valence-electron chi connectivity index (χ4n) is 8.15. The van der Waals surface area contributed by atoms with Crippen molar-refractivity contribution in [2.75, 3.05) is 15.1 Å². The molecule has 3 aromatic carbocycles. The molecule has 2 saturated heterocycles. The van der Waals surface area contributed by atoms with E-state index in [9.17, 15) is 37.5 Å². The Morgan fingerprint density at radius 3 is 2.00 bits per heavy atom. The molecule has 16 heteroatoms. The lowest BCUT2D eigenvalue weighted by Gasteiger charge is -2.49. The number of allylic oxidation sites excluding steroid dienone is 2. The van der Waals surface area contributed by atoms with Crippen molar-refractivity contribution in [1.82, 2.24) is 0 Å². The number of alkyl halides is 2. The minimum Gasteiger partial charge on any atom is -0.463 e. The number of anilines is 4. The van der Waals surface area contributed by atoms with E-state index in [0.717, 1.165) is 10.6 Å². The van der Waals surface area contributed by atoms with E-state index in [4.69, 9.17) is 27.6 Å². The van der Waals surface area contributed by atoms with Gasteiger partial charge in [-0.05, 0) is 67.3 Å². The van der Waals surface area contributed by atoms with Gasteiger partial charge in [-0.15, -0.1) is 23.2 Å². The van der Waals surface area contributed by atoms with Gasteiger partial charge in [-0.2, -0.15) is 0 Å². The number of fused-ring (bicyclic) bond motifs is 4. The normalized spacial score (nSPS) is 27.9. The molecule has 0 radical (unpaired) electrons. The highest BCUT2D eigenvalue weighted by Gasteiger charge is 2.77. The van der Waals surface area contributed by atoms with Crippen molar-refractivity contribution < 1.29 is 50.7 Å². The summed E-state index contributed by atoms with van der Waals surface area (Å²) in [6, 6.07) is 18.4. The van der Waals surface area contributed by atoms with Crippen LogP contribution in [0, 0.1) is 46.8 Å². The van der Waals surface area contributed by atoms with E-state index in [-0.39, 0.29) is 34.1 Å². The van der Waals surface area contributed by atoms with E-state index in [1.807, 2.05) is 30.3 Å². The number of imide groups is 2. The number of carbonyl (C=O) groups is 4. The summed E-state index contributed by atoms with van der Waals surface area (Å²) >= 11 is 14.2. The summed E-state index contributed by atoms with van der Waals surface area (Å²) in [7, 11) is 0. The molecule has 1 aromatic heterocycles. The predicted molar refractivity (Wildman–Crippen MR) is 180 cm³/mol. The Bertz CT molecular complexity index is 2260. The topological polar surface area (TPSA) is 120 Å². The maximum Gasteiger partial charge on any atom is 0.258 e. The van der Waals surface area contributed by atoms with Crippen molar-refractivity contribution in [2.45, 2.75) is 35.1 Å². The monoisotopic (exact) mass is 771 g/mol. The van der Waals surface area contributed by atoms with Crippen LogP contribution in [0.5, 0.6) is 0 Å². The molecule has 6 unspecified atom stereocenters. The SMILES string of the molecule is O=C1C2CC=C3C(CC4(Cl)C(=O)N(c5c(F)c(F)c(F)c(F)c5F)C(=O)C4(Cl)C3c3ccc(CO)o3)C2C(=O)N1c1ccc(Nc2ccccc2)cc1. The molecule has 4 aromatic rings. The number of aliphatic hydroxyl groups is 1. The first-order chi connectivity index (χ1) is 25.2. The molecule has 2 aliphatic heterocycles. The number of hydrogen-bond acceptors (Lipinski definition) is 7. The summed E-state index contributed by atoms with van der Waals surface area (Å²) in [6.45, 7) is -0.619. The molecule has 0 bridgehead atoms.